The van der Waals surface area contributed by atoms with Crippen molar-refractivity contribution < 1.29 is 4.74 Å². The Balaban J connectivity index is 2.13. The largest absolute Gasteiger partial charge is 0.478 e. The molecule has 1 saturated heterocycles. The van der Waals surface area contributed by atoms with Gasteiger partial charge in [0, 0.05) is 30.9 Å². The fourth-order valence-electron chi connectivity index (χ4n) is 2.20. The third-order valence-electron chi connectivity index (χ3n) is 3.08. The van der Waals surface area contributed by atoms with Crippen LogP contribution < -0.4 is 15.4 Å². The fraction of sp³-hybridized carbons (Fsp3) is 0.667. The summed E-state index contributed by atoms with van der Waals surface area (Å²) in [4.78, 5) is 10.9. The third-order valence-corrected chi connectivity index (χ3v) is 3.08. The molecule has 1 aliphatic heterocycles. The van der Waals surface area contributed by atoms with Gasteiger partial charge in [0.15, 0.2) is 0 Å². The Labute approximate surface area is 102 Å². The SMILES string of the molecule is CCOc1ccnc(N2CCC(N)CC2C)n1. The molecule has 1 aliphatic rings. The van der Waals surface area contributed by atoms with E-state index in [9.17, 15) is 0 Å². The molecule has 2 N–H and O–H groups in total. The van der Waals surface area contributed by atoms with Crippen molar-refractivity contribution in [3.8, 4) is 5.88 Å². The minimum Gasteiger partial charge on any atom is -0.478 e. The van der Waals surface area contributed by atoms with Crippen LogP contribution in [0.15, 0.2) is 12.3 Å². The third kappa shape index (κ3) is 2.85. The summed E-state index contributed by atoms with van der Waals surface area (Å²) in [6.45, 7) is 5.65. The molecule has 0 bridgehead atoms. The predicted molar refractivity (Wildman–Crippen MR) is 67.2 cm³/mol. The Morgan fingerprint density at radius 1 is 1.59 bits per heavy atom. The first-order chi connectivity index (χ1) is 8.20. The van der Waals surface area contributed by atoms with Gasteiger partial charge in [-0.05, 0) is 26.7 Å². The molecular weight excluding hydrogens is 216 g/mol. The Hall–Kier alpha value is -1.36. The van der Waals surface area contributed by atoms with E-state index in [-0.39, 0.29) is 0 Å². The average molecular weight is 236 g/mol. The smallest absolute Gasteiger partial charge is 0.228 e. The first kappa shape index (κ1) is 12.1. The molecule has 0 amide bonds. The van der Waals surface area contributed by atoms with Gasteiger partial charge in [-0.15, -0.1) is 0 Å². The van der Waals surface area contributed by atoms with Crippen molar-refractivity contribution in [2.45, 2.75) is 38.8 Å². The minimum absolute atomic E-state index is 0.302. The molecule has 0 saturated carbocycles. The van der Waals surface area contributed by atoms with E-state index in [4.69, 9.17) is 10.5 Å². The van der Waals surface area contributed by atoms with Crippen LogP contribution in [0.4, 0.5) is 5.95 Å². The van der Waals surface area contributed by atoms with Crippen molar-refractivity contribution in [3.63, 3.8) is 0 Å². The molecule has 0 aromatic carbocycles. The van der Waals surface area contributed by atoms with Crippen LogP contribution in [0.5, 0.6) is 5.88 Å². The molecule has 2 heterocycles. The number of rotatable bonds is 3. The highest BCUT2D eigenvalue weighted by Crippen LogP contribution is 2.22. The predicted octanol–water partition coefficient (Wildman–Crippen LogP) is 1.19. The monoisotopic (exact) mass is 236 g/mol. The Morgan fingerprint density at radius 2 is 2.41 bits per heavy atom. The highest BCUT2D eigenvalue weighted by Gasteiger charge is 2.25. The van der Waals surface area contributed by atoms with Gasteiger partial charge in [-0.3, -0.25) is 0 Å². The number of anilines is 1. The summed E-state index contributed by atoms with van der Waals surface area (Å²) in [5.41, 5.74) is 5.95. The highest BCUT2D eigenvalue weighted by molar-refractivity contribution is 5.34. The molecule has 0 radical (unpaired) electrons. The maximum Gasteiger partial charge on any atom is 0.228 e. The van der Waals surface area contributed by atoms with E-state index in [1.54, 1.807) is 12.3 Å². The number of aromatic nitrogens is 2. The second kappa shape index (κ2) is 5.31. The van der Waals surface area contributed by atoms with E-state index in [0.29, 0.717) is 24.6 Å². The number of ether oxygens (including phenoxy) is 1. The van der Waals surface area contributed by atoms with Crippen LogP contribution in [0.3, 0.4) is 0 Å². The Morgan fingerprint density at radius 3 is 3.12 bits per heavy atom. The molecule has 2 rings (SSSR count). The van der Waals surface area contributed by atoms with Gasteiger partial charge in [-0.2, -0.15) is 4.98 Å². The average Bonchev–Trinajstić information content (AvgIpc) is 2.29. The standard InChI is InChI=1S/C12H20N4O/c1-3-17-11-4-6-14-12(15-11)16-7-5-10(13)8-9(16)2/h4,6,9-10H,3,5,7-8,13H2,1-2H3. The topological polar surface area (TPSA) is 64.3 Å². The molecule has 0 aliphatic carbocycles. The zero-order valence-corrected chi connectivity index (χ0v) is 10.5. The molecule has 94 valence electrons. The number of nitrogens with two attached hydrogens (primary N) is 1. The first-order valence-electron chi connectivity index (χ1n) is 6.18. The van der Waals surface area contributed by atoms with Crippen LogP contribution in [0.25, 0.3) is 0 Å². The molecule has 2 unspecified atom stereocenters. The Bertz CT molecular complexity index is 371. The van der Waals surface area contributed by atoms with Crippen LogP contribution in [0.2, 0.25) is 0 Å². The minimum atomic E-state index is 0.302. The fourth-order valence-corrected chi connectivity index (χ4v) is 2.20. The van der Waals surface area contributed by atoms with Crippen molar-refractivity contribution in [2.75, 3.05) is 18.1 Å². The molecule has 17 heavy (non-hydrogen) atoms. The lowest BCUT2D eigenvalue weighted by atomic mass is 10.00. The van der Waals surface area contributed by atoms with Gasteiger partial charge in [-0.1, -0.05) is 0 Å². The van der Waals surface area contributed by atoms with Gasteiger partial charge in [0.1, 0.15) is 0 Å². The van der Waals surface area contributed by atoms with Gasteiger partial charge in [-0.25, -0.2) is 4.98 Å². The Kier molecular flexibility index (Phi) is 3.78. The van der Waals surface area contributed by atoms with Crippen LogP contribution in [0.1, 0.15) is 26.7 Å². The molecule has 0 spiro atoms. The lowest BCUT2D eigenvalue weighted by molar-refractivity contribution is 0.325. The summed E-state index contributed by atoms with van der Waals surface area (Å²) in [6, 6.07) is 2.47. The van der Waals surface area contributed by atoms with Gasteiger partial charge in [0.05, 0.1) is 6.61 Å². The normalized spacial score (nSPS) is 24.8. The van der Waals surface area contributed by atoms with Gasteiger partial charge in [0.25, 0.3) is 0 Å². The van der Waals surface area contributed by atoms with Gasteiger partial charge >= 0.3 is 0 Å². The second-order valence-electron chi connectivity index (χ2n) is 4.45. The van der Waals surface area contributed by atoms with Crippen LogP contribution in [-0.2, 0) is 0 Å². The van der Waals surface area contributed by atoms with E-state index in [2.05, 4.69) is 21.8 Å². The van der Waals surface area contributed by atoms with Gasteiger partial charge < -0.3 is 15.4 Å². The lowest BCUT2D eigenvalue weighted by Gasteiger charge is -2.36. The first-order valence-corrected chi connectivity index (χ1v) is 6.18. The van der Waals surface area contributed by atoms with Crippen LogP contribution in [-0.4, -0.2) is 35.2 Å². The van der Waals surface area contributed by atoms with E-state index in [0.717, 1.165) is 25.3 Å². The number of hydrogen-bond acceptors (Lipinski definition) is 5. The van der Waals surface area contributed by atoms with Gasteiger partial charge in [0.2, 0.25) is 11.8 Å². The number of hydrogen-bond donors (Lipinski definition) is 1. The van der Waals surface area contributed by atoms with Crippen molar-refractivity contribution in [1.82, 2.24) is 9.97 Å². The molecular formula is C12H20N4O. The summed E-state index contributed by atoms with van der Waals surface area (Å²) >= 11 is 0. The summed E-state index contributed by atoms with van der Waals surface area (Å²) in [5.74, 6) is 1.38. The lowest BCUT2D eigenvalue weighted by Crippen LogP contribution is -2.46. The van der Waals surface area contributed by atoms with E-state index in [1.165, 1.54) is 0 Å². The molecule has 5 nitrogen and oxygen atoms in total. The summed E-state index contributed by atoms with van der Waals surface area (Å²) in [6.07, 6.45) is 3.73. The van der Waals surface area contributed by atoms with Crippen molar-refractivity contribution in [2.24, 2.45) is 5.73 Å². The highest BCUT2D eigenvalue weighted by atomic mass is 16.5. The van der Waals surface area contributed by atoms with Crippen LogP contribution >= 0.6 is 0 Å². The second-order valence-corrected chi connectivity index (χ2v) is 4.45. The van der Waals surface area contributed by atoms with Crippen molar-refractivity contribution in [3.05, 3.63) is 12.3 Å². The maximum atomic E-state index is 5.95. The zero-order chi connectivity index (χ0) is 12.3. The van der Waals surface area contributed by atoms with E-state index < -0.39 is 0 Å². The number of piperidine rings is 1. The zero-order valence-electron chi connectivity index (χ0n) is 10.5. The quantitative estimate of drug-likeness (QED) is 0.854. The summed E-state index contributed by atoms with van der Waals surface area (Å²) in [7, 11) is 0. The molecule has 2 atom stereocenters. The summed E-state index contributed by atoms with van der Waals surface area (Å²) in [5, 5.41) is 0. The van der Waals surface area contributed by atoms with Crippen molar-refractivity contribution in [1.29, 1.82) is 0 Å². The molecule has 5 heteroatoms. The van der Waals surface area contributed by atoms with Crippen LogP contribution in [0, 0.1) is 0 Å². The molecule has 1 fully saturated rings. The number of nitrogens with zero attached hydrogens (tertiary/aromatic N) is 3. The summed E-state index contributed by atoms with van der Waals surface area (Å²) < 4.78 is 5.39. The molecule has 1 aromatic heterocycles. The maximum absolute atomic E-state index is 5.95. The molecule has 1 aromatic rings. The van der Waals surface area contributed by atoms with Crippen molar-refractivity contribution >= 4 is 5.95 Å². The van der Waals surface area contributed by atoms with E-state index >= 15 is 0 Å². The van der Waals surface area contributed by atoms with E-state index in [1.807, 2.05) is 6.92 Å².